The van der Waals surface area contributed by atoms with Crippen LogP contribution in [-0.2, 0) is 17.6 Å². The largest absolute Gasteiger partial charge is 0.543 e. The topological polar surface area (TPSA) is 71.0 Å². The van der Waals surface area contributed by atoms with E-state index < -0.39 is 14.5 Å². The molecule has 2 aliphatic heterocycles. The van der Waals surface area contributed by atoms with Crippen LogP contribution in [0.15, 0.2) is 49.1 Å². The molecule has 0 saturated carbocycles. The third-order valence-electron chi connectivity index (χ3n) is 11.1. The Hall–Kier alpha value is -3.50. The highest BCUT2D eigenvalue weighted by Gasteiger charge is 2.39. The van der Waals surface area contributed by atoms with Gasteiger partial charge in [-0.15, -0.1) is 0 Å². The van der Waals surface area contributed by atoms with Crippen molar-refractivity contribution >= 4 is 30.8 Å². The molecule has 6 rings (SSSR count). The lowest BCUT2D eigenvalue weighted by Crippen LogP contribution is -2.54. The third-order valence-corrected chi connectivity index (χ3v) is 15.5. The predicted octanol–water partition coefficient (Wildman–Crippen LogP) is 6.93. The van der Waals surface area contributed by atoms with Gasteiger partial charge in [-0.05, 0) is 98.2 Å². The standard InChI is InChI=1S/C38H52FN5O3Si/c1-9-35(45)43-16-17-44(25(2)22-43)36-32-15-14-27(19-34(32)40-37(41-36)46-24-29-20-28(39)23-42(29)6)33-21-30(47-48(7,8)38(3,4)5)18-26-12-10-11-13-31(26)33/h9-13,18,21,25,27-29H,1,14-17,19-20,22-24H2,2-8H3/t25-,27?,28-,29-/m0/s1. The summed E-state index contributed by atoms with van der Waals surface area (Å²) in [4.78, 5) is 28.7. The Labute approximate surface area is 286 Å². The van der Waals surface area contributed by atoms with Gasteiger partial charge in [-0.1, -0.05) is 51.6 Å². The Morgan fingerprint density at radius 1 is 1.15 bits per heavy atom. The zero-order valence-electron chi connectivity index (χ0n) is 29.8. The summed E-state index contributed by atoms with van der Waals surface area (Å²) in [5.41, 5.74) is 3.46. The number of amides is 1. The third kappa shape index (κ3) is 6.97. The van der Waals surface area contributed by atoms with Gasteiger partial charge in [0.15, 0.2) is 0 Å². The number of likely N-dealkylation sites (tertiary alicyclic amines) is 1. The number of hydrogen-bond acceptors (Lipinski definition) is 7. The molecule has 3 aromatic rings. The first-order valence-corrected chi connectivity index (χ1v) is 20.4. The number of carbonyl (C=O) groups is 1. The average Bonchev–Trinajstić information content (AvgIpc) is 3.37. The van der Waals surface area contributed by atoms with E-state index in [4.69, 9.17) is 19.1 Å². The maximum absolute atomic E-state index is 14.2. The Balaban J connectivity index is 1.35. The van der Waals surface area contributed by atoms with E-state index in [1.807, 2.05) is 16.8 Å². The van der Waals surface area contributed by atoms with E-state index in [1.165, 1.54) is 22.4 Å². The summed E-state index contributed by atoms with van der Waals surface area (Å²) in [5, 5.41) is 2.53. The first-order chi connectivity index (χ1) is 22.7. The van der Waals surface area contributed by atoms with Crippen LogP contribution in [-0.4, -0.2) is 92.1 Å². The molecule has 0 spiro atoms. The molecule has 1 amide bonds. The van der Waals surface area contributed by atoms with E-state index in [0.717, 1.165) is 42.1 Å². The van der Waals surface area contributed by atoms with Crippen molar-refractivity contribution < 1.29 is 18.3 Å². The van der Waals surface area contributed by atoms with Crippen LogP contribution in [0, 0.1) is 0 Å². The summed E-state index contributed by atoms with van der Waals surface area (Å²) in [6.45, 7) is 19.9. The summed E-state index contributed by atoms with van der Waals surface area (Å²) in [6, 6.07) is 13.5. The van der Waals surface area contributed by atoms with Gasteiger partial charge in [0.1, 0.15) is 24.3 Å². The number of aromatic nitrogens is 2. The highest BCUT2D eigenvalue weighted by atomic mass is 28.4. The number of ether oxygens (including phenoxy) is 1. The van der Waals surface area contributed by atoms with Crippen LogP contribution in [0.5, 0.6) is 11.8 Å². The molecule has 3 aliphatic rings. The molecule has 8 nitrogen and oxygen atoms in total. The van der Waals surface area contributed by atoms with Gasteiger partial charge in [0.05, 0.1) is 5.69 Å². The first-order valence-electron chi connectivity index (χ1n) is 17.5. The molecule has 2 saturated heterocycles. The van der Waals surface area contributed by atoms with Crippen LogP contribution in [0.3, 0.4) is 0 Å². The van der Waals surface area contributed by atoms with E-state index in [9.17, 15) is 9.18 Å². The number of carbonyl (C=O) groups excluding carboxylic acids is 1. The minimum absolute atomic E-state index is 0.0155. The number of likely N-dealkylation sites (N-methyl/N-ethyl adjacent to an activating group) is 1. The molecule has 0 radical (unpaired) electrons. The Kier molecular flexibility index (Phi) is 9.61. The molecule has 48 heavy (non-hydrogen) atoms. The average molecular weight is 674 g/mol. The second kappa shape index (κ2) is 13.4. The number of hydrogen-bond donors (Lipinski definition) is 0. The summed E-state index contributed by atoms with van der Waals surface area (Å²) in [5.74, 6) is 2.04. The molecule has 3 heterocycles. The molecule has 2 aromatic carbocycles. The molecule has 1 unspecified atom stereocenters. The molecule has 1 aliphatic carbocycles. The molecule has 1 aromatic heterocycles. The van der Waals surface area contributed by atoms with E-state index in [0.29, 0.717) is 45.2 Å². The number of fused-ring (bicyclic) bond motifs is 2. The van der Waals surface area contributed by atoms with Crippen LogP contribution in [0.25, 0.3) is 10.8 Å². The van der Waals surface area contributed by atoms with E-state index in [-0.39, 0.29) is 28.9 Å². The van der Waals surface area contributed by atoms with Crippen molar-refractivity contribution in [1.29, 1.82) is 0 Å². The molecule has 0 N–H and O–H groups in total. The Morgan fingerprint density at radius 2 is 1.92 bits per heavy atom. The normalized spacial score (nSPS) is 23.7. The van der Waals surface area contributed by atoms with Gasteiger partial charge in [-0.25, -0.2) is 4.39 Å². The van der Waals surface area contributed by atoms with Crippen LogP contribution in [0.4, 0.5) is 10.2 Å². The van der Waals surface area contributed by atoms with Crippen LogP contribution in [0.1, 0.15) is 63.3 Å². The second-order valence-electron chi connectivity index (χ2n) is 15.6. The SMILES string of the molecule is C=CC(=O)N1CCN(c2nc(OC[C@@H]3C[C@H](F)CN3C)nc3c2CCC(c2cc(O[Si](C)(C)C(C)(C)C)cc4ccccc24)C3)[C@@H](C)C1. The van der Waals surface area contributed by atoms with Gasteiger partial charge in [0.2, 0.25) is 14.2 Å². The zero-order chi connectivity index (χ0) is 34.4. The highest BCUT2D eigenvalue weighted by Crippen LogP contribution is 2.43. The monoisotopic (exact) mass is 673 g/mol. The number of anilines is 1. The maximum Gasteiger partial charge on any atom is 0.318 e. The number of piperazine rings is 1. The smallest absolute Gasteiger partial charge is 0.318 e. The highest BCUT2D eigenvalue weighted by molar-refractivity contribution is 6.74. The van der Waals surface area contributed by atoms with Crippen LogP contribution < -0.4 is 14.1 Å². The number of rotatable bonds is 8. The van der Waals surface area contributed by atoms with Crippen molar-refractivity contribution in [3.05, 3.63) is 65.9 Å². The van der Waals surface area contributed by atoms with Gasteiger partial charge in [0, 0.05) is 43.8 Å². The second-order valence-corrected chi connectivity index (χ2v) is 20.3. The molecule has 0 bridgehead atoms. The number of benzene rings is 2. The lowest BCUT2D eigenvalue weighted by molar-refractivity contribution is -0.126. The molecule has 10 heteroatoms. The Bertz CT molecular complexity index is 1680. The summed E-state index contributed by atoms with van der Waals surface area (Å²) < 4.78 is 27.3. The van der Waals surface area contributed by atoms with E-state index in [2.05, 4.69) is 88.7 Å². The lowest BCUT2D eigenvalue weighted by atomic mass is 9.80. The van der Waals surface area contributed by atoms with Gasteiger partial charge in [-0.3, -0.25) is 9.69 Å². The quantitative estimate of drug-likeness (QED) is 0.190. The number of halogens is 1. The lowest BCUT2D eigenvalue weighted by Gasteiger charge is -2.41. The minimum atomic E-state index is -2.05. The molecule has 258 valence electrons. The molecular formula is C38H52FN5O3Si. The van der Waals surface area contributed by atoms with Crippen molar-refractivity contribution in [2.45, 2.75) is 95.7 Å². The van der Waals surface area contributed by atoms with Gasteiger partial charge in [-0.2, -0.15) is 9.97 Å². The zero-order valence-corrected chi connectivity index (χ0v) is 30.8. The number of alkyl halides is 1. The summed E-state index contributed by atoms with van der Waals surface area (Å²) in [6.07, 6.45) is 3.56. The van der Waals surface area contributed by atoms with Crippen LogP contribution >= 0.6 is 0 Å². The fourth-order valence-electron chi connectivity index (χ4n) is 7.28. The Morgan fingerprint density at radius 3 is 2.60 bits per heavy atom. The van der Waals surface area contributed by atoms with Crippen molar-refractivity contribution in [3.63, 3.8) is 0 Å². The van der Waals surface area contributed by atoms with E-state index >= 15 is 0 Å². The maximum atomic E-state index is 14.2. The number of nitrogens with zero attached hydrogens (tertiary/aromatic N) is 5. The van der Waals surface area contributed by atoms with Gasteiger partial charge < -0.3 is 19.0 Å². The fraction of sp³-hybridized carbons (Fsp3) is 0.553. The van der Waals surface area contributed by atoms with Gasteiger partial charge in [0.25, 0.3) is 0 Å². The van der Waals surface area contributed by atoms with E-state index in [1.54, 1.807) is 0 Å². The first kappa shape index (κ1) is 34.4. The molecule has 4 atom stereocenters. The fourth-order valence-corrected chi connectivity index (χ4v) is 8.29. The van der Waals surface area contributed by atoms with Crippen molar-refractivity contribution in [3.8, 4) is 11.8 Å². The van der Waals surface area contributed by atoms with Crippen molar-refractivity contribution in [1.82, 2.24) is 19.8 Å². The van der Waals surface area contributed by atoms with Crippen molar-refractivity contribution in [2.24, 2.45) is 0 Å². The molecular weight excluding hydrogens is 622 g/mol. The molecule has 2 fully saturated rings. The summed E-state index contributed by atoms with van der Waals surface area (Å²) >= 11 is 0. The van der Waals surface area contributed by atoms with Crippen molar-refractivity contribution in [2.75, 3.05) is 44.7 Å². The van der Waals surface area contributed by atoms with Gasteiger partial charge >= 0.3 is 6.01 Å². The predicted molar refractivity (Wildman–Crippen MR) is 194 cm³/mol. The minimum Gasteiger partial charge on any atom is -0.543 e. The summed E-state index contributed by atoms with van der Waals surface area (Å²) in [7, 11) is -0.107. The van der Waals surface area contributed by atoms with Crippen LogP contribution in [0.2, 0.25) is 18.1 Å².